The Balaban J connectivity index is 3.58. The maximum absolute atomic E-state index is 10.8. The molecule has 1 heterocycles. The van der Waals surface area contributed by atoms with Crippen LogP contribution in [0.25, 0.3) is 0 Å². The molecule has 1 aromatic heterocycles. The van der Waals surface area contributed by atoms with Gasteiger partial charge in [-0.15, -0.1) is 0 Å². The van der Waals surface area contributed by atoms with E-state index < -0.39 is 11.9 Å². The Kier molecular flexibility index (Phi) is 2.46. The quantitative estimate of drug-likeness (QED) is 0.713. The van der Waals surface area contributed by atoms with Crippen molar-refractivity contribution in [1.29, 1.82) is 0 Å². The molecule has 0 aliphatic carbocycles. The van der Waals surface area contributed by atoms with Gasteiger partial charge in [0.05, 0.1) is 22.5 Å². The number of rotatable bonds is 2. The van der Waals surface area contributed by atoms with Gasteiger partial charge in [-0.2, -0.15) is 10.2 Å². The third kappa shape index (κ3) is 1.54. The molecule has 1 rings (SSSR count). The van der Waals surface area contributed by atoms with E-state index in [0.717, 1.165) is 0 Å². The van der Waals surface area contributed by atoms with Gasteiger partial charge in [0, 0.05) is 0 Å². The van der Waals surface area contributed by atoms with Crippen molar-refractivity contribution in [3.8, 4) is 0 Å². The molecule has 0 spiro atoms. The Labute approximate surface area is 79.2 Å². The number of nitrogens with zero attached hydrogens (tertiary/aromatic N) is 2. The van der Waals surface area contributed by atoms with Crippen molar-refractivity contribution < 1.29 is 19.8 Å². The molecule has 6 nitrogen and oxygen atoms in total. The normalized spacial score (nSPS) is 9.86. The first-order chi connectivity index (χ1) is 6.45. The average Bonchev–Trinajstić information content (AvgIpc) is 2.07. The lowest BCUT2D eigenvalue weighted by molar-refractivity contribution is 0.0648. The van der Waals surface area contributed by atoms with E-state index in [2.05, 4.69) is 10.2 Å². The van der Waals surface area contributed by atoms with Crippen LogP contribution in [0.4, 0.5) is 0 Å². The summed E-state index contributed by atoms with van der Waals surface area (Å²) in [5, 5.41) is 24.7. The van der Waals surface area contributed by atoms with Gasteiger partial charge in [0.1, 0.15) is 0 Å². The lowest BCUT2D eigenvalue weighted by atomic mass is 10.1. The second-order valence-corrected chi connectivity index (χ2v) is 2.73. The van der Waals surface area contributed by atoms with Crippen LogP contribution in [0.1, 0.15) is 32.1 Å². The SMILES string of the molecule is Cc1nnc(C)c(C(=O)O)c1C(=O)O. The second-order valence-electron chi connectivity index (χ2n) is 2.73. The van der Waals surface area contributed by atoms with E-state index >= 15 is 0 Å². The fraction of sp³-hybridized carbons (Fsp3) is 0.250. The average molecular weight is 196 g/mol. The van der Waals surface area contributed by atoms with Crippen molar-refractivity contribution in [3.05, 3.63) is 22.5 Å². The monoisotopic (exact) mass is 196 g/mol. The predicted octanol–water partition coefficient (Wildman–Crippen LogP) is 0.490. The van der Waals surface area contributed by atoms with Crippen LogP contribution >= 0.6 is 0 Å². The Morgan fingerprint density at radius 2 is 1.21 bits per heavy atom. The number of carboxylic acid groups (broad SMARTS) is 2. The number of hydrogen-bond donors (Lipinski definition) is 2. The molecular weight excluding hydrogens is 188 g/mol. The van der Waals surface area contributed by atoms with E-state index in [1.165, 1.54) is 13.8 Å². The topological polar surface area (TPSA) is 100 Å². The zero-order valence-electron chi connectivity index (χ0n) is 7.61. The van der Waals surface area contributed by atoms with E-state index in [9.17, 15) is 9.59 Å². The number of carboxylic acids is 2. The molecule has 0 aromatic carbocycles. The van der Waals surface area contributed by atoms with Gasteiger partial charge in [0.25, 0.3) is 0 Å². The van der Waals surface area contributed by atoms with E-state index in [1.54, 1.807) is 0 Å². The highest BCUT2D eigenvalue weighted by molar-refractivity contribution is 6.02. The van der Waals surface area contributed by atoms with Crippen LogP contribution in [0.15, 0.2) is 0 Å². The van der Waals surface area contributed by atoms with Gasteiger partial charge < -0.3 is 10.2 Å². The Morgan fingerprint density at radius 3 is 1.43 bits per heavy atom. The smallest absolute Gasteiger partial charge is 0.338 e. The van der Waals surface area contributed by atoms with Gasteiger partial charge in [-0.05, 0) is 13.8 Å². The largest absolute Gasteiger partial charge is 0.478 e. The molecule has 2 N–H and O–H groups in total. The van der Waals surface area contributed by atoms with Crippen LogP contribution in [0.3, 0.4) is 0 Å². The van der Waals surface area contributed by atoms with Gasteiger partial charge >= 0.3 is 11.9 Å². The molecule has 0 unspecified atom stereocenters. The minimum Gasteiger partial charge on any atom is -0.478 e. The predicted molar refractivity (Wildman–Crippen MR) is 45.4 cm³/mol. The number of aryl methyl sites for hydroxylation is 2. The van der Waals surface area contributed by atoms with E-state index in [1.807, 2.05) is 0 Å². The molecule has 0 saturated carbocycles. The maximum atomic E-state index is 10.8. The van der Waals surface area contributed by atoms with E-state index in [4.69, 9.17) is 10.2 Å². The standard InChI is InChI=1S/C8H8N2O4/c1-3-5(7(11)12)6(8(13)14)4(2)10-9-3/h1-2H3,(H,11,12)(H,13,14). The Bertz CT molecular complexity index is 375. The zero-order chi connectivity index (χ0) is 10.9. The molecule has 0 aliphatic heterocycles. The molecule has 0 atom stereocenters. The van der Waals surface area contributed by atoms with E-state index in [-0.39, 0.29) is 22.5 Å². The number of carbonyl (C=O) groups is 2. The van der Waals surface area contributed by atoms with Gasteiger partial charge in [0.15, 0.2) is 0 Å². The fourth-order valence-electron chi connectivity index (χ4n) is 1.14. The first kappa shape index (κ1) is 10.1. The highest BCUT2D eigenvalue weighted by Gasteiger charge is 2.22. The lowest BCUT2D eigenvalue weighted by Crippen LogP contribution is -2.15. The van der Waals surface area contributed by atoms with Crippen molar-refractivity contribution in [1.82, 2.24) is 10.2 Å². The minimum absolute atomic E-state index is 0.0977. The molecule has 0 radical (unpaired) electrons. The van der Waals surface area contributed by atoms with Crippen LogP contribution in [0, 0.1) is 13.8 Å². The van der Waals surface area contributed by atoms with Crippen LogP contribution in [-0.2, 0) is 0 Å². The highest BCUT2D eigenvalue weighted by atomic mass is 16.4. The van der Waals surface area contributed by atoms with Crippen molar-refractivity contribution in [3.63, 3.8) is 0 Å². The molecule has 0 fully saturated rings. The molecule has 14 heavy (non-hydrogen) atoms. The first-order valence-corrected chi connectivity index (χ1v) is 3.75. The second kappa shape index (κ2) is 3.41. The summed E-state index contributed by atoms with van der Waals surface area (Å²) in [7, 11) is 0. The van der Waals surface area contributed by atoms with Crippen molar-refractivity contribution in [2.75, 3.05) is 0 Å². The Morgan fingerprint density at radius 1 is 0.929 bits per heavy atom. The summed E-state index contributed by atoms with van der Waals surface area (Å²) in [6, 6.07) is 0. The number of hydrogen-bond acceptors (Lipinski definition) is 4. The first-order valence-electron chi connectivity index (χ1n) is 3.75. The van der Waals surface area contributed by atoms with Crippen LogP contribution in [-0.4, -0.2) is 32.3 Å². The van der Waals surface area contributed by atoms with E-state index in [0.29, 0.717) is 0 Å². The molecule has 6 heteroatoms. The lowest BCUT2D eigenvalue weighted by Gasteiger charge is -2.05. The summed E-state index contributed by atoms with van der Waals surface area (Å²) < 4.78 is 0. The molecule has 0 saturated heterocycles. The van der Waals surface area contributed by atoms with Crippen LogP contribution in [0.5, 0.6) is 0 Å². The summed E-state index contributed by atoms with van der Waals surface area (Å²) >= 11 is 0. The van der Waals surface area contributed by atoms with Gasteiger partial charge in [-0.3, -0.25) is 0 Å². The summed E-state index contributed by atoms with van der Waals surface area (Å²) in [6.07, 6.45) is 0. The third-order valence-electron chi connectivity index (χ3n) is 1.75. The van der Waals surface area contributed by atoms with Crippen LogP contribution < -0.4 is 0 Å². The van der Waals surface area contributed by atoms with Crippen molar-refractivity contribution in [2.45, 2.75) is 13.8 Å². The minimum atomic E-state index is -1.31. The Hall–Kier alpha value is -1.98. The third-order valence-corrected chi connectivity index (χ3v) is 1.75. The van der Waals surface area contributed by atoms with Gasteiger partial charge in [-0.1, -0.05) is 0 Å². The molecule has 74 valence electrons. The fourth-order valence-corrected chi connectivity index (χ4v) is 1.14. The zero-order valence-corrected chi connectivity index (χ0v) is 7.61. The molecule has 0 bridgehead atoms. The van der Waals surface area contributed by atoms with Crippen molar-refractivity contribution in [2.24, 2.45) is 0 Å². The molecule has 1 aromatic rings. The van der Waals surface area contributed by atoms with Gasteiger partial charge in [-0.25, -0.2) is 9.59 Å². The molecule has 0 amide bonds. The highest BCUT2D eigenvalue weighted by Crippen LogP contribution is 2.14. The summed E-state index contributed by atoms with van der Waals surface area (Å²) in [5.41, 5.74) is -0.406. The maximum Gasteiger partial charge on any atom is 0.338 e. The molecular formula is C8H8N2O4. The van der Waals surface area contributed by atoms with Crippen molar-refractivity contribution >= 4 is 11.9 Å². The number of aromatic carboxylic acids is 2. The van der Waals surface area contributed by atoms with Gasteiger partial charge in [0.2, 0.25) is 0 Å². The summed E-state index contributed by atoms with van der Waals surface area (Å²) in [5.74, 6) is -2.61. The number of aromatic nitrogens is 2. The summed E-state index contributed by atoms with van der Waals surface area (Å²) in [4.78, 5) is 21.5. The molecule has 0 aliphatic rings. The van der Waals surface area contributed by atoms with Crippen LogP contribution in [0.2, 0.25) is 0 Å². The summed E-state index contributed by atoms with van der Waals surface area (Å²) in [6.45, 7) is 2.81.